The first-order valence-electron chi connectivity index (χ1n) is 7.59. The monoisotopic (exact) mass is 266 g/mol. The van der Waals surface area contributed by atoms with E-state index in [4.69, 9.17) is 10.2 Å². The van der Waals surface area contributed by atoms with Crippen molar-refractivity contribution in [3.63, 3.8) is 0 Å². The van der Waals surface area contributed by atoms with Crippen LogP contribution in [-0.2, 0) is 6.54 Å². The van der Waals surface area contributed by atoms with Crippen molar-refractivity contribution in [1.82, 2.24) is 4.90 Å². The molecule has 0 amide bonds. The normalized spacial score (nSPS) is 13.1. The zero-order chi connectivity index (χ0) is 14.1. The number of nitrogens with two attached hydrogens (primary N) is 1. The summed E-state index contributed by atoms with van der Waals surface area (Å²) in [5.74, 6) is 1.86. The molecule has 0 aromatic carbocycles. The number of hydrogen-bond acceptors (Lipinski definition) is 3. The van der Waals surface area contributed by atoms with Crippen molar-refractivity contribution in [3.05, 3.63) is 23.7 Å². The van der Waals surface area contributed by atoms with Crippen LogP contribution in [0.2, 0.25) is 0 Å². The Balaban J connectivity index is 2.22. The molecule has 1 aromatic rings. The Kier molecular flexibility index (Phi) is 7.84. The third-order valence-corrected chi connectivity index (χ3v) is 3.83. The van der Waals surface area contributed by atoms with E-state index in [2.05, 4.69) is 24.9 Å². The van der Waals surface area contributed by atoms with Gasteiger partial charge in [0.2, 0.25) is 0 Å². The van der Waals surface area contributed by atoms with Gasteiger partial charge in [0.05, 0.1) is 6.26 Å². The quantitative estimate of drug-likeness (QED) is 0.704. The Labute approximate surface area is 118 Å². The second-order valence-electron chi connectivity index (χ2n) is 5.61. The maximum atomic E-state index is 5.68. The Morgan fingerprint density at radius 3 is 2.68 bits per heavy atom. The lowest BCUT2D eigenvalue weighted by atomic mass is 9.94. The van der Waals surface area contributed by atoms with Gasteiger partial charge in [-0.25, -0.2) is 0 Å². The third-order valence-electron chi connectivity index (χ3n) is 3.83. The fourth-order valence-electron chi connectivity index (χ4n) is 2.67. The van der Waals surface area contributed by atoms with E-state index in [0.717, 1.165) is 31.3 Å². The van der Waals surface area contributed by atoms with E-state index >= 15 is 0 Å². The summed E-state index contributed by atoms with van der Waals surface area (Å²) in [6, 6.07) is 2.07. The summed E-state index contributed by atoms with van der Waals surface area (Å²) < 4.78 is 5.33. The average molecular weight is 266 g/mol. The van der Waals surface area contributed by atoms with Crippen LogP contribution in [0.5, 0.6) is 0 Å². The zero-order valence-electron chi connectivity index (χ0n) is 12.8. The van der Waals surface area contributed by atoms with Crippen molar-refractivity contribution in [2.75, 3.05) is 20.1 Å². The fraction of sp³-hybridized carbons (Fsp3) is 0.750. The highest BCUT2D eigenvalue weighted by Crippen LogP contribution is 2.18. The van der Waals surface area contributed by atoms with E-state index in [9.17, 15) is 0 Å². The lowest BCUT2D eigenvalue weighted by Crippen LogP contribution is -2.20. The van der Waals surface area contributed by atoms with Gasteiger partial charge in [0, 0.05) is 12.1 Å². The summed E-state index contributed by atoms with van der Waals surface area (Å²) in [6.45, 7) is 7.25. The molecule has 0 aliphatic rings. The van der Waals surface area contributed by atoms with Crippen LogP contribution in [0, 0.1) is 12.8 Å². The van der Waals surface area contributed by atoms with Crippen LogP contribution in [0.15, 0.2) is 16.7 Å². The second kappa shape index (κ2) is 9.16. The Morgan fingerprint density at radius 2 is 2.11 bits per heavy atom. The molecule has 0 saturated carbocycles. The van der Waals surface area contributed by atoms with E-state index < -0.39 is 0 Å². The molecule has 2 N–H and O–H groups in total. The largest absolute Gasteiger partial charge is 0.469 e. The molecule has 1 rings (SSSR count). The molecule has 3 nitrogen and oxygen atoms in total. The van der Waals surface area contributed by atoms with Gasteiger partial charge in [-0.2, -0.15) is 0 Å². The molecule has 0 saturated heterocycles. The molecule has 110 valence electrons. The van der Waals surface area contributed by atoms with E-state index in [1.54, 1.807) is 6.26 Å². The Hall–Kier alpha value is -0.800. The molecular formula is C16H30N2O. The first-order valence-corrected chi connectivity index (χ1v) is 7.59. The van der Waals surface area contributed by atoms with Crippen LogP contribution in [0.3, 0.4) is 0 Å². The van der Waals surface area contributed by atoms with E-state index in [1.165, 1.54) is 37.7 Å². The molecule has 0 bridgehead atoms. The summed E-state index contributed by atoms with van der Waals surface area (Å²) in [4.78, 5) is 2.38. The van der Waals surface area contributed by atoms with Crippen molar-refractivity contribution < 1.29 is 4.42 Å². The molecule has 0 aliphatic heterocycles. The van der Waals surface area contributed by atoms with Crippen molar-refractivity contribution in [2.24, 2.45) is 11.7 Å². The molecular weight excluding hydrogens is 236 g/mol. The lowest BCUT2D eigenvalue weighted by Gasteiger charge is -2.19. The molecule has 0 aliphatic carbocycles. The number of furan rings is 1. The Morgan fingerprint density at radius 1 is 1.32 bits per heavy atom. The third kappa shape index (κ3) is 6.26. The predicted octanol–water partition coefficient (Wildman–Crippen LogP) is 3.57. The minimum Gasteiger partial charge on any atom is -0.469 e. The van der Waals surface area contributed by atoms with Crippen LogP contribution in [0.1, 0.15) is 50.4 Å². The van der Waals surface area contributed by atoms with Crippen molar-refractivity contribution >= 4 is 0 Å². The highest BCUT2D eigenvalue weighted by molar-refractivity contribution is 5.14. The molecule has 3 heteroatoms. The minimum absolute atomic E-state index is 0.819. The van der Waals surface area contributed by atoms with Gasteiger partial charge < -0.3 is 15.1 Å². The van der Waals surface area contributed by atoms with Gasteiger partial charge in [0.1, 0.15) is 5.76 Å². The number of aryl methyl sites for hydroxylation is 1. The van der Waals surface area contributed by atoms with Gasteiger partial charge in [-0.15, -0.1) is 0 Å². The molecule has 0 radical (unpaired) electrons. The maximum Gasteiger partial charge on any atom is 0.105 e. The number of nitrogens with zero attached hydrogens (tertiary/aromatic N) is 1. The standard InChI is InChI=1S/C16H30N2O/c1-4-6-15(8-10-17)7-5-11-18(3)13-16-9-12-19-14(16)2/h9,12,15H,4-8,10-11,13,17H2,1-3H3. The first kappa shape index (κ1) is 16.3. The summed E-state index contributed by atoms with van der Waals surface area (Å²) in [5, 5.41) is 0. The van der Waals surface area contributed by atoms with Gasteiger partial charge in [0.15, 0.2) is 0 Å². The van der Waals surface area contributed by atoms with E-state index in [1.807, 2.05) is 6.92 Å². The molecule has 19 heavy (non-hydrogen) atoms. The number of hydrogen-bond donors (Lipinski definition) is 1. The van der Waals surface area contributed by atoms with E-state index in [0.29, 0.717) is 0 Å². The lowest BCUT2D eigenvalue weighted by molar-refractivity contribution is 0.296. The SMILES string of the molecule is CCCC(CCN)CCCN(C)Cc1ccoc1C. The molecule has 1 atom stereocenters. The van der Waals surface area contributed by atoms with Gasteiger partial charge in [0.25, 0.3) is 0 Å². The molecule has 1 unspecified atom stereocenters. The van der Waals surface area contributed by atoms with Crippen LogP contribution in [0.4, 0.5) is 0 Å². The summed E-state index contributed by atoms with van der Waals surface area (Å²) in [6.07, 6.45) is 8.11. The summed E-state index contributed by atoms with van der Waals surface area (Å²) in [7, 11) is 2.18. The van der Waals surface area contributed by atoms with Crippen LogP contribution in [0.25, 0.3) is 0 Å². The smallest absolute Gasteiger partial charge is 0.105 e. The maximum absolute atomic E-state index is 5.68. The van der Waals surface area contributed by atoms with Gasteiger partial charge in [-0.1, -0.05) is 19.8 Å². The van der Waals surface area contributed by atoms with E-state index in [-0.39, 0.29) is 0 Å². The van der Waals surface area contributed by atoms with Gasteiger partial charge in [-0.3, -0.25) is 0 Å². The molecule has 0 spiro atoms. The highest BCUT2D eigenvalue weighted by Gasteiger charge is 2.09. The van der Waals surface area contributed by atoms with Crippen molar-refractivity contribution in [2.45, 2.75) is 52.5 Å². The van der Waals surface area contributed by atoms with Crippen LogP contribution in [-0.4, -0.2) is 25.0 Å². The second-order valence-corrected chi connectivity index (χ2v) is 5.61. The highest BCUT2D eigenvalue weighted by atomic mass is 16.3. The van der Waals surface area contributed by atoms with Crippen molar-refractivity contribution in [1.29, 1.82) is 0 Å². The zero-order valence-corrected chi connectivity index (χ0v) is 12.8. The van der Waals surface area contributed by atoms with Crippen LogP contribution >= 0.6 is 0 Å². The molecule has 1 heterocycles. The van der Waals surface area contributed by atoms with Gasteiger partial charge in [-0.05, 0) is 58.3 Å². The topological polar surface area (TPSA) is 42.4 Å². The average Bonchev–Trinajstić information content (AvgIpc) is 2.75. The first-order chi connectivity index (χ1) is 9.17. The molecule has 0 fully saturated rings. The van der Waals surface area contributed by atoms with Gasteiger partial charge >= 0.3 is 0 Å². The summed E-state index contributed by atoms with van der Waals surface area (Å²) in [5.41, 5.74) is 6.98. The van der Waals surface area contributed by atoms with Crippen molar-refractivity contribution in [3.8, 4) is 0 Å². The fourth-order valence-corrected chi connectivity index (χ4v) is 2.67. The van der Waals surface area contributed by atoms with Crippen LogP contribution < -0.4 is 5.73 Å². The minimum atomic E-state index is 0.819. The number of rotatable bonds is 10. The summed E-state index contributed by atoms with van der Waals surface area (Å²) >= 11 is 0. The Bertz CT molecular complexity index is 329. The predicted molar refractivity (Wildman–Crippen MR) is 81.1 cm³/mol. The molecule has 1 aromatic heterocycles.